The Labute approximate surface area is 124 Å². The van der Waals surface area contributed by atoms with E-state index in [1.165, 1.54) is 9.75 Å². The molecule has 1 aliphatic heterocycles. The van der Waals surface area contributed by atoms with Crippen molar-refractivity contribution in [2.24, 2.45) is 0 Å². The SMILES string of the molecule is CCC1(CC)NC(=O)CCN(Cc2ccc(C)s2)C1=O. The number of nitrogens with one attached hydrogen (secondary N) is 1. The first kappa shape index (κ1) is 15.0. The van der Waals surface area contributed by atoms with Crippen molar-refractivity contribution in [1.29, 1.82) is 0 Å². The molecule has 1 saturated heterocycles. The lowest BCUT2D eigenvalue weighted by Crippen LogP contribution is -2.56. The van der Waals surface area contributed by atoms with E-state index >= 15 is 0 Å². The van der Waals surface area contributed by atoms with Crippen LogP contribution in [0.3, 0.4) is 0 Å². The Kier molecular flexibility index (Phi) is 4.48. The average Bonchev–Trinajstić information content (AvgIpc) is 2.80. The molecule has 2 rings (SSSR count). The highest BCUT2D eigenvalue weighted by Gasteiger charge is 2.41. The molecule has 0 aromatic carbocycles. The third kappa shape index (κ3) is 2.87. The second kappa shape index (κ2) is 5.95. The summed E-state index contributed by atoms with van der Waals surface area (Å²) in [6.07, 6.45) is 1.65. The van der Waals surface area contributed by atoms with Crippen LogP contribution in [-0.4, -0.2) is 28.8 Å². The van der Waals surface area contributed by atoms with Crippen LogP contribution >= 0.6 is 11.3 Å². The molecular weight excluding hydrogens is 272 g/mol. The Balaban J connectivity index is 2.23. The number of carbonyl (C=O) groups excluding carboxylic acids is 2. The van der Waals surface area contributed by atoms with Gasteiger partial charge in [0.15, 0.2) is 0 Å². The van der Waals surface area contributed by atoms with E-state index in [4.69, 9.17) is 0 Å². The fourth-order valence-electron chi connectivity index (χ4n) is 2.66. The molecule has 2 amide bonds. The number of thiophene rings is 1. The molecule has 20 heavy (non-hydrogen) atoms. The summed E-state index contributed by atoms with van der Waals surface area (Å²) in [6.45, 7) is 7.09. The van der Waals surface area contributed by atoms with Gasteiger partial charge < -0.3 is 10.2 Å². The van der Waals surface area contributed by atoms with E-state index in [-0.39, 0.29) is 11.8 Å². The van der Waals surface area contributed by atoms with Crippen LogP contribution < -0.4 is 5.32 Å². The van der Waals surface area contributed by atoms with Crippen LogP contribution in [0.5, 0.6) is 0 Å². The standard InChI is InChI=1S/C15H22N2O2S/c1-4-15(5-2)14(19)17(9-8-13(18)16-15)10-12-7-6-11(3)20-12/h6-7H,4-5,8-10H2,1-3H3,(H,16,18). The van der Waals surface area contributed by atoms with Crippen LogP contribution in [0, 0.1) is 6.92 Å². The fourth-order valence-corrected chi connectivity index (χ4v) is 3.57. The quantitative estimate of drug-likeness (QED) is 0.927. The topological polar surface area (TPSA) is 49.4 Å². The van der Waals surface area contributed by atoms with Gasteiger partial charge in [-0.2, -0.15) is 0 Å². The molecule has 1 aromatic rings. The van der Waals surface area contributed by atoms with Gasteiger partial charge in [-0.15, -0.1) is 11.3 Å². The number of aryl methyl sites for hydroxylation is 1. The predicted molar refractivity (Wildman–Crippen MR) is 80.5 cm³/mol. The van der Waals surface area contributed by atoms with Crippen molar-refractivity contribution in [2.75, 3.05) is 6.54 Å². The number of hydrogen-bond donors (Lipinski definition) is 1. The summed E-state index contributed by atoms with van der Waals surface area (Å²) in [5, 5.41) is 2.94. The van der Waals surface area contributed by atoms with Crippen LogP contribution in [-0.2, 0) is 16.1 Å². The third-order valence-electron chi connectivity index (χ3n) is 4.03. The second-order valence-electron chi connectivity index (χ2n) is 5.33. The van der Waals surface area contributed by atoms with Gasteiger partial charge in [0.1, 0.15) is 5.54 Å². The van der Waals surface area contributed by atoms with Gasteiger partial charge in [0.2, 0.25) is 11.8 Å². The summed E-state index contributed by atoms with van der Waals surface area (Å²) in [5.74, 6) is 0.0336. The second-order valence-corrected chi connectivity index (χ2v) is 6.70. The molecule has 0 unspecified atom stereocenters. The third-order valence-corrected chi connectivity index (χ3v) is 5.02. The van der Waals surface area contributed by atoms with Crippen LogP contribution in [0.15, 0.2) is 12.1 Å². The van der Waals surface area contributed by atoms with Gasteiger partial charge in [-0.1, -0.05) is 13.8 Å². The van der Waals surface area contributed by atoms with E-state index in [0.717, 1.165) is 0 Å². The first-order valence-electron chi connectivity index (χ1n) is 7.16. The molecule has 0 spiro atoms. The van der Waals surface area contributed by atoms with Gasteiger partial charge in [0, 0.05) is 22.7 Å². The number of hydrogen-bond acceptors (Lipinski definition) is 3. The van der Waals surface area contributed by atoms with Crippen LogP contribution in [0.4, 0.5) is 0 Å². The first-order valence-corrected chi connectivity index (χ1v) is 7.98. The van der Waals surface area contributed by atoms with Crippen molar-refractivity contribution < 1.29 is 9.59 Å². The summed E-state index contributed by atoms with van der Waals surface area (Å²) in [4.78, 5) is 28.9. The van der Waals surface area contributed by atoms with E-state index in [0.29, 0.717) is 32.4 Å². The lowest BCUT2D eigenvalue weighted by atomic mass is 9.91. The van der Waals surface area contributed by atoms with Crippen molar-refractivity contribution >= 4 is 23.2 Å². The maximum Gasteiger partial charge on any atom is 0.248 e. The normalized spacial score (nSPS) is 18.9. The molecule has 1 fully saturated rings. The minimum absolute atomic E-state index is 0.0214. The molecule has 4 nitrogen and oxygen atoms in total. The summed E-state index contributed by atoms with van der Waals surface area (Å²) in [6, 6.07) is 4.13. The number of nitrogens with zero attached hydrogens (tertiary/aromatic N) is 1. The van der Waals surface area contributed by atoms with Gasteiger partial charge in [0.05, 0.1) is 6.54 Å². The first-order chi connectivity index (χ1) is 9.50. The van der Waals surface area contributed by atoms with Crippen molar-refractivity contribution in [3.63, 3.8) is 0 Å². The van der Waals surface area contributed by atoms with Crippen LogP contribution in [0.2, 0.25) is 0 Å². The fraction of sp³-hybridized carbons (Fsp3) is 0.600. The Bertz CT molecular complexity index is 506. The lowest BCUT2D eigenvalue weighted by molar-refractivity contribution is -0.139. The van der Waals surface area contributed by atoms with Gasteiger partial charge in [-0.25, -0.2) is 0 Å². The zero-order valence-corrected chi connectivity index (χ0v) is 13.2. The van der Waals surface area contributed by atoms with Crippen molar-refractivity contribution in [2.45, 2.75) is 52.1 Å². The number of amides is 2. The molecule has 0 saturated carbocycles. The summed E-state index contributed by atoms with van der Waals surface area (Å²) < 4.78 is 0. The highest BCUT2D eigenvalue weighted by Crippen LogP contribution is 2.25. The molecule has 0 aliphatic carbocycles. The maximum atomic E-state index is 12.8. The molecule has 0 radical (unpaired) electrons. The number of rotatable bonds is 4. The van der Waals surface area contributed by atoms with E-state index in [1.54, 1.807) is 11.3 Å². The molecule has 110 valence electrons. The van der Waals surface area contributed by atoms with Crippen LogP contribution in [0.1, 0.15) is 42.9 Å². The van der Waals surface area contributed by atoms with Gasteiger partial charge in [-0.05, 0) is 31.9 Å². The number of carbonyl (C=O) groups is 2. The zero-order valence-electron chi connectivity index (χ0n) is 12.4. The summed E-state index contributed by atoms with van der Waals surface area (Å²) in [7, 11) is 0. The van der Waals surface area contributed by atoms with E-state index in [9.17, 15) is 9.59 Å². The van der Waals surface area contributed by atoms with Gasteiger partial charge >= 0.3 is 0 Å². The van der Waals surface area contributed by atoms with Crippen LogP contribution in [0.25, 0.3) is 0 Å². The Hall–Kier alpha value is -1.36. The largest absolute Gasteiger partial charge is 0.342 e. The Morgan fingerprint density at radius 2 is 2.00 bits per heavy atom. The molecule has 1 aliphatic rings. The molecular formula is C15H22N2O2S. The molecule has 2 heterocycles. The lowest BCUT2D eigenvalue weighted by Gasteiger charge is -2.33. The minimum Gasteiger partial charge on any atom is -0.342 e. The minimum atomic E-state index is -0.722. The molecule has 0 atom stereocenters. The average molecular weight is 294 g/mol. The molecule has 5 heteroatoms. The highest BCUT2D eigenvalue weighted by atomic mass is 32.1. The monoisotopic (exact) mass is 294 g/mol. The van der Waals surface area contributed by atoms with E-state index in [2.05, 4.69) is 24.4 Å². The van der Waals surface area contributed by atoms with Gasteiger partial charge in [-0.3, -0.25) is 9.59 Å². The molecule has 1 aromatic heterocycles. The summed E-state index contributed by atoms with van der Waals surface area (Å²) in [5.41, 5.74) is -0.722. The summed E-state index contributed by atoms with van der Waals surface area (Å²) >= 11 is 1.71. The van der Waals surface area contributed by atoms with Crippen molar-refractivity contribution in [3.05, 3.63) is 21.9 Å². The van der Waals surface area contributed by atoms with Crippen molar-refractivity contribution in [1.82, 2.24) is 10.2 Å². The Morgan fingerprint density at radius 3 is 2.55 bits per heavy atom. The predicted octanol–water partition coefficient (Wildman–Crippen LogP) is 2.46. The maximum absolute atomic E-state index is 12.8. The van der Waals surface area contributed by atoms with Gasteiger partial charge in [0.25, 0.3) is 0 Å². The van der Waals surface area contributed by atoms with Crippen molar-refractivity contribution in [3.8, 4) is 0 Å². The van der Waals surface area contributed by atoms with E-state index in [1.807, 2.05) is 18.7 Å². The highest BCUT2D eigenvalue weighted by molar-refractivity contribution is 7.11. The van der Waals surface area contributed by atoms with E-state index < -0.39 is 5.54 Å². The molecule has 1 N–H and O–H groups in total. The Morgan fingerprint density at radius 1 is 1.30 bits per heavy atom. The smallest absolute Gasteiger partial charge is 0.248 e. The zero-order chi connectivity index (χ0) is 14.8. The molecule has 0 bridgehead atoms.